The molecule has 0 radical (unpaired) electrons. The van der Waals surface area contributed by atoms with E-state index in [1.165, 1.54) is 16.6 Å². The summed E-state index contributed by atoms with van der Waals surface area (Å²) in [5.74, 6) is 0.0105. The van der Waals surface area contributed by atoms with Gasteiger partial charge in [-0.25, -0.2) is 0 Å². The van der Waals surface area contributed by atoms with Crippen molar-refractivity contribution in [2.45, 2.75) is 24.8 Å². The zero-order valence-electron chi connectivity index (χ0n) is 16.9. The zero-order chi connectivity index (χ0) is 20.6. The summed E-state index contributed by atoms with van der Waals surface area (Å²) in [5, 5.41) is 4.02. The molecule has 0 bridgehead atoms. The predicted octanol–water partition coefficient (Wildman–Crippen LogP) is 2.71. The number of anilines is 1. The molecule has 30 heavy (non-hydrogen) atoms. The van der Waals surface area contributed by atoms with E-state index in [2.05, 4.69) is 39.5 Å². The number of benzene rings is 2. The minimum absolute atomic E-state index is 0.00580. The normalized spacial score (nSPS) is 18.8. The Morgan fingerprint density at radius 3 is 2.47 bits per heavy atom. The summed E-state index contributed by atoms with van der Waals surface area (Å²) >= 11 is 0. The summed E-state index contributed by atoms with van der Waals surface area (Å²) in [6.45, 7) is 2.17. The van der Waals surface area contributed by atoms with E-state index in [0.29, 0.717) is 19.4 Å². The number of fused-ring (bicyclic) bond motifs is 1. The average Bonchev–Trinajstić information content (AvgIpc) is 3.21. The van der Waals surface area contributed by atoms with Crippen molar-refractivity contribution in [2.75, 3.05) is 31.1 Å². The summed E-state index contributed by atoms with van der Waals surface area (Å²) in [7, 11) is 0. The standard InChI is InChI=1S/C24H26N4O2/c29-22-17-26-23(30)24(11-14-27(15-12-24)19-6-2-1-3-7-19)28(22)13-10-18-16-25-21-9-5-4-8-20(18)21/h1-9,16,25H,10-15,17H2,(H,26,30). The van der Waals surface area contributed by atoms with Gasteiger partial charge in [-0.2, -0.15) is 0 Å². The molecule has 3 aromatic rings. The van der Waals surface area contributed by atoms with Gasteiger partial charge in [0, 0.05) is 42.4 Å². The van der Waals surface area contributed by atoms with Crippen molar-refractivity contribution in [3.63, 3.8) is 0 Å². The molecule has 0 saturated carbocycles. The number of hydrogen-bond donors (Lipinski definition) is 2. The van der Waals surface area contributed by atoms with E-state index in [-0.39, 0.29) is 18.4 Å². The highest BCUT2D eigenvalue weighted by molar-refractivity contribution is 5.98. The van der Waals surface area contributed by atoms with Gasteiger partial charge >= 0.3 is 0 Å². The Labute approximate surface area is 175 Å². The second-order valence-corrected chi connectivity index (χ2v) is 8.19. The van der Waals surface area contributed by atoms with Crippen molar-refractivity contribution in [3.8, 4) is 0 Å². The first-order valence-electron chi connectivity index (χ1n) is 10.6. The van der Waals surface area contributed by atoms with Gasteiger partial charge in [-0.3, -0.25) is 9.59 Å². The van der Waals surface area contributed by atoms with Crippen molar-refractivity contribution < 1.29 is 9.59 Å². The topological polar surface area (TPSA) is 68.4 Å². The number of carbonyl (C=O) groups excluding carboxylic acids is 2. The molecule has 2 aromatic carbocycles. The fourth-order valence-corrected chi connectivity index (χ4v) is 4.96. The number of piperidine rings is 1. The van der Waals surface area contributed by atoms with Crippen LogP contribution in [0.4, 0.5) is 5.69 Å². The van der Waals surface area contributed by atoms with Gasteiger partial charge in [0.15, 0.2) is 0 Å². The minimum atomic E-state index is -0.743. The third-order valence-corrected chi connectivity index (χ3v) is 6.63. The average molecular weight is 402 g/mol. The highest BCUT2D eigenvalue weighted by Crippen LogP contribution is 2.34. The van der Waals surface area contributed by atoms with Crippen molar-refractivity contribution in [2.24, 2.45) is 0 Å². The van der Waals surface area contributed by atoms with E-state index in [0.717, 1.165) is 25.0 Å². The molecule has 2 amide bonds. The highest BCUT2D eigenvalue weighted by atomic mass is 16.2. The Hall–Kier alpha value is -3.28. The van der Waals surface area contributed by atoms with Crippen LogP contribution in [0, 0.1) is 0 Å². The number of H-pyrrole nitrogens is 1. The van der Waals surface area contributed by atoms with Crippen LogP contribution in [0.2, 0.25) is 0 Å². The summed E-state index contributed by atoms with van der Waals surface area (Å²) in [6, 6.07) is 18.5. The van der Waals surface area contributed by atoms with E-state index in [1.54, 1.807) is 0 Å². The molecule has 0 unspecified atom stereocenters. The number of rotatable bonds is 4. The number of amides is 2. The van der Waals surface area contributed by atoms with Crippen LogP contribution in [-0.2, 0) is 16.0 Å². The lowest BCUT2D eigenvalue weighted by atomic mass is 9.82. The lowest BCUT2D eigenvalue weighted by molar-refractivity contribution is -0.155. The molecular formula is C24H26N4O2. The quantitative estimate of drug-likeness (QED) is 0.705. The van der Waals surface area contributed by atoms with E-state index in [1.807, 2.05) is 41.4 Å². The maximum atomic E-state index is 13.0. The molecule has 1 spiro atoms. The number of para-hydroxylation sites is 2. The fourth-order valence-electron chi connectivity index (χ4n) is 4.96. The maximum Gasteiger partial charge on any atom is 0.246 e. The lowest BCUT2D eigenvalue weighted by Crippen LogP contribution is -2.70. The van der Waals surface area contributed by atoms with Gasteiger partial charge in [0.1, 0.15) is 5.54 Å². The Kier molecular flexibility index (Phi) is 4.69. The van der Waals surface area contributed by atoms with Gasteiger partial charge in [-0.15, -0.1) is 0 Å². The summed E-state index contributed by atoms with van der Waals surface area (Å²) < 4.78 is 0. The number of nitrogens with one attached hydrogen (secondary N) is 2. The second-order valence-electron chi connectivity index (χ2n) is 8.19. The maximum absolute atomic E-state index is 13.0. The van der Waals surface area contributed by atoms with E-state index < -0.39 is 5.54 Å². The van der Waals surface area contributed by atoms with Gasteiger partial charge in [0.2, 0.25) is 11.8 Å². The molecule has 2 aliphatic rings. The number of nitrogens with zero attached hydrogens (tertiary/aromatic N) is 2. The number of hydrogen-bond acceptors (Lipinski definition) is 3. The van der Waals surface area contributed by atoms with Gasteiger partial charge in [-0.05, 0) is 43.0 Å². The Morgan fingerprint density at radius 2 is 1.67 bits per heavy atom. The van der Waals surface area contributed by atoms with Crippen LogP contribution in [0.5, 0.6) is 0 Å². The zero-order valence-corrected chi connectivity index (χ0v) is 16.9. The van der Waals surface area contributed by atoms with Gasteiger partial charge in [-0.1, -0.05) is 36.4 Å². The van der Waals surface area contributed by atoms with E-state index in [9.17, 15) is 9.59 Å². The molecule has 2 aliphatic heterocycles. The summed E-state index contributed by atoms with van der Waals surface area (Å²) in [4.78, 5) is 33.4. The van der Waals surface area contributed by atoms with Crippen LogP contribution in [-0.4, -0.2) is 53.4 Å². The minimum Gasteiger partial charge on any atom is -0.371 e. The first-order valence-corrected chi connectivity index (χ1v) is 10.6. The van der Waals surface area contributed by atoms with E-state index in [4.69, 9.17) is 0 Å². The van der Waals surface area contributed by atoms with E-state index >= 15 is 0 Å². The second kappa shape index (κ2) is 7.52. The highest BCUT2D eigenvalue weighted by Gasteiger charge is 2.50. The molecule has 5 rings (SSSR count). The Morgan fingerprint density at radius 1 is 0.933 bits per heavy atom. The van der Waals surface area contributed by atoms with Crippen LogP contribution in [0.1, 0.15) is 18.4 Å². The molecule has 154 valence electrons. The Bertz CT molecular complexity index is 1070. The lowest BCUT2D eigenvalue weighted by Gasteiger charge is -2.50. The predicted molar refractivity (Wildman–Crippen MR) is 117 cm³/mol. The van der Waals surface area contributed by atoms with Crippen molar-refractivity contribution in [1.29, 1.82) is 0 Å². The largest absolute Gasteiger partial charge is 0.371 e. The van der Waals surface area contributed by atoms with Crippen LogP contribution in [0.3, 0.4) is 0 Å². The van der Waals surface area contributed by atoms with Crippen molar-refractivity contribution in [3.05, 3.63) is 66.4 Å². The Balaban J connectivity index is 1.36. The SMILES string of the molecule is O=C1CNC(=O)C2(CCN(c3ccccc3)CC2)N1CCc1c[nH]c2ccccc12. The smallest absolute Gasteiger partial charge is 0.246 e. The van der Waals surface area contributed by atoms with Gasteiger partial charge in [0.05, 0.1) is 6.54 Å². The van der Waals surface area contributed by atoms with Crippen LogP contribution < -0.4 is 10.2 Å². The van der Waals surface area contributed by atoms with Crippen LogP contribution >= 0.6 is 0 Å². The fraction of sp³-hybridized carbons (Fsp3) is 0.333. The van der Waals surface area contributed by atoms with Crippen LogP contribution in [0.15, 0.2) is 60.8 Å². The number of aromatic nitrogens is 1. The number of aromatic amines is 1. The first kappa shape index (κ1) is 18.7. The molecule has 1 aromatic heterocycles. The third kappa shape index (κ3) is 3.12. The summed E-state index contributed by atoms with van der Waals surface area (Å²) in [6.07, 6.45) is 4.04. The summed E-state index contributed by atoms with van der Waals surface area (Å²) in [5.41, 5.74) is 2.70. The molecule has 2 saturated heterocycles. The molecule has 0 atom stereocenters. The molecule has 3 heterocycles. The monoisotopic (exact) mass is 402 g/mol. The number of carbonyl (C=O) groups is 2. The van der Waals surface area contributed by atoms with Gasteiger partial charge < -0.3 is 20.1 Å². The molecule has 2 fully saturated rings. The molecular weight excluding hydrogens is 376 g/mol. The van der Waals surface area contributed by atoms with Crippen molar-refractivity contribution in [1.82, 2.24) is 15.2 Å². The number of piperazine rings is 1. The third-order valence-electron chi connectivity index (χ3n) is 6.63. The van der Waals surface area contributed by atoms with Crippen LogP contribution in [0.25, 0.3) is 10.9 Å². The van der Waals surface area contributed by atoms with Crippen molar-refractivity contribution >= 4 is 28.4 Å². The molecule has 6 nitrogen and oxygen atoms in total. The first-order chi connectivity index (χ1) is 14.7. The molecule has 6 heteroatoms. The molecule has 2 N–H and O–H groups in total. The molecule has 0 aliphatic carbocycles. The van der Waals surface area contributed by atoms with Gasteiger partial charge in [0.25, 0.3) is 0 Å².